The average molecular weight is 255 g/mol. The van der Waals surface area contributed by atoms with Gasteiger partial charge < -0.3 is 10.5 Å². The number of nitrogens with two attached hydrogens (primary N) is 1. The van der Waals surface area contributed by atoms with Crippen molar-refractivity contribution in [1.82, 2.24) is 0 Å². The normalized spacial score (nSPS) is 12.2. The van der Waals surface area contributed by atoms with Crippen molar-refractivity contribution in [2.24, 2.45) is 5.73 Å². The third-order valence-corrected chi connectivity index (χ3v) is 3.33. The maximum Gasteiger partial charge on any atom is 0.132 e. The Hall–Kier alpha value is -1.80. The zero-order valence-electron chi connectivity index (χ0n) is 11.6. The van der Waals surface area contributed by atoms with Crippen molar-refractivity contribution < 1.29 is 4.74 Å². The molecule has 0 aliphatic rings. The second kappa shape index (κ2) is 6.39. The van der Waals surface area contributed by atoms with Gasteiger partial charge >= 0.3 is 0 Å². The minimum absolute atomic E-state index is 0.0185. The van der Waals surface area contributed by atoms with Gasteiger partial charge in [0.15, 0.2) is 0 Å². The van der Waals surface area contributed by atoms with Gasteiger partial charge in [0.1, 0.15) is 11.5 Å². The SMILES string of the molecule is CCc1ccccc1Oc1ccccc1[C@@H](N)CC. The fourth-order valence-electron chi connectivity index (χ4n) is 2.11. The van der Waals surface area contributed by atoms with E-state index in [-0.39, 0.29) is 6.04 Å². The van der Waals surface area contributed by atoms with Crippen molar-refractivity contribution in [3.63, 3.8) is 0 Å². The van der Waals surface area contributed by atoms with Gasteiger partial charge in [-0.25, -0.2) is 0 Å². The van der Waals surface area contributed by atoms with E-state index in [9.17, 15) is 0 Å². The molecule has 0 saturated heterocycles. The number of rotatable bonds is 5. The quantitative estimate of drug-likeness (QED) is 0.856. The average Bonchev–Trinajstić information content (AvgIpc) is 2.47. The highest BCUT2D eigenvalue weighted by Crippen LogP contribution is 2.31. The molecule has 2 nitrogen and oxygen atoms in total. The summed E-state index contributed by atoms with van der Waals surface area (Å²) in [4.78, 5) is 0. The molecule has 0 heterocycles. The van der Waals surface area contributed by atoms with Gasteiger partial charge in [0.25, 0.3) is 0 Å². The Morgan fingerprint density at radius 2 is 1.58 bits per heavy atom. The molecule has 2 aromatic rings. The maximum absolute atomic E-state index is 6.14. The fourth-order valence-corrected chi connectivity index (χ4v) is 2.11. The van der Waals surface area contributed by atoms with E-state index in [1.807, 2.05) is 42.5 Å². The lowest BCUT2D eigenvalue weighted by molar-refractivity contribution is 0.463. The molecule has 2 rings (SSSR count). The van der Waals surface area contributed by atoms with Gasteiger partial charge in [-0.05, 0) is 30.5 Å². The Bertz CT molecular complexity index is 536. The number of ether oxygens (including phenoxy) is 1. The molecule has 19 heavy (non-hydrogen) atoms. The van der Waals surface area contributed by atoms with Gasteiger partial charge in [-0.15, -0.1) is 0 Å². The highest BCUT2D eigenvalue weighted by atomic mass is 16.5. The van der Waals surface area contributed by atoms with Crippen molar-refractivity contribution in [1.29, 1.82) is 0 Å². The molecular weight excluding hydrogens is 234 g/mol. The Kier molecular flexibility index (Phi) is 4.58. The van der Waals surface area contributed by atoms with Crippen LogP contribution in [0.4, 0.5) is 0 Å². The standard InChI is InChI=1S/C17H21NO/c1-3-13-9-5-7-11-16(13)19-17-12-8-6-10-14(17)15(18)4-2/h5-12,15H,3-4,18H2,1-2H3/t15-/m0/s1. The third kappa shape index (κ3) is 3.15. The van der Waals surface area contributed by atoms with E-state index in [2.05, 4.69) is 19.9 Å². The molecule has 2 N–H and O–H groups in total. The first kappa shape index (κ1) is 13.6. The van der Waals surface area contributed by atoms with Gasteiger partial charge in [0.05, 0.1) is 0 Å². The molecule has 2 heteroatoms. The predicted molar refractivity (Wildman–Crippen MR) is 79.6 cm³/mol. The van der Waals surface area contributed by atoms with Crippen molar-refractivity contribution in [2.75, 3.05) is 0 Å². The van der Waals surface area contributed by atoms with E-state index in [4.69, 9.17) is 10.5 Å². The second-order valence-corrected chi connectivity index (χ2v) is 4.62. The van der Waals surface area contributed by atoms with Crippen LogP contribution in [0, 0.1) is 0 Å². The van der Waals surface area contributed by atoms with Crippen LogP contribution in [0.25, 0.3) is 0 Å². The van der Waals surface area contributed by atoms with Crippen molar-refractivity contribution in [3.8, 4) is 11.5 Å². The maximum atomic E-state index is 6.14. The van der Waals surface area contributed by atoms with Crippen LogP contribution in [0.2, 0.25) is 0 Å². The van der Waals surface area contributed by atoms with Crippen LogP contribution in [0.15, 0.2) is 48.5 Å². The molecule has 2 aromatic carbocycles. The first-order valence-electron chi connectivity index (χ1n) is 6.86. The molecule has 0 spiro atoms. The summed E-state index contributed by atoms with van der Waals surface area (Å²) in [5.41, 5.74) is 8.42. The lowest BCUT2D eigenvalue weighted by atomic mass is 10.0. The lowest BCUT2D eigenvalue weighted by Gasteiger charge is -2.16. The minimum Gasteiger partial charge on any atom is -0.457 e. The molecule has 0 radical (unpaired) electrons. The summed E-state index contributed by atoms with van der Waals surface area (Å²) in [6.07, 6.45) is 1.86. The summed E-state index contributed by atoms with van der Waals surface area (Å²) < 4.78 is 6.07. The van der Waals surface area contributed by atoms with Crippen molar-refractivity contribution >= 4 is 0 Å². The number of para-hydroxylation sites is 2. The third-order valence-electron chi connectivity index (χ3n) is 3.33. The number of aryl methyl sites for hydroxylation is 1. The van der Waals surface area contributed by atoms with Crippen molar-refractivity contribution in [2.45, 2.75) is 32.7 Å². The van der Waals surface area contributed by atoms with Gasteiger partial charge in [0.2, 0.25) is 0 Å². The van der Waals surface area contributed by atoms with Crippen LogP contribution >= 0.6 is 0 Å². The van der Waals surface area contributed by atoms with Crippen LogP contribution in [-0.2, 0) is 6.42 Å². The van der Waals surface area contributed by atoms with Gasteiger partial charge in [-0.2, -0.15) is 0 Å². The van der Waals surface area contributed by atoms with Crippen LogP contribution < -0.4 is 10.5 Å². The molecule has 0 bridgehead atoms. The van der Waals surface area contributed by atoms with Crippen LogP contribution in [0.1, 0.15) is 37.4 Å². The smallest absolute Gasteiger partial charge is 0.132 e. The van der Waals surface area contributed by atoms with Gasteiger partial charge in [-0.3, -0.25) is 0 Å². The van der Waals surface area contributed by atoms with E-state index in [1.54, 1.807) is 0 Å². The number of benzene rings is 2. The highest BCUT2D eigenvalue weighted by Gasteiger charge is 2.11. The van der Waals surface area contributed by atoms with E-state index in [0.29, 0.717) is 0 Å². The Balaban J connectivity index is 2.33. The summed E-state index contributed by atoms with van der Waals surface area (Å²) in [6, 6.07) is 16.2. The summed E-state index contributed by atoms with van der Waals surface area (Å²) in [5, 5.41) is 0. The summed E-state index contributed by atoms with van der Waals surface area (Å²) in [5.74, 6) is 1.78. The van der Waals surface area contributed by atoms with Crippen LogP contribution in [-0.4, -0.2) is 0 Å². The highest BCUT2D eigenvalue weighted by molar-refractivity contribution is 5.42. The van der Waals surface area contributed by atoms with Gasteiger partial charge in [-0.1, -0.05) is 50.2 Å². The molecule has 100 valence electrons. The largest absolute Gasteiger partial charge is 0.457 e. The van der Waals surface area contributed by atoms with Gasteiger partial charge in [0, 0.05) is 11.6 Å². The Labute approximate surface area is 115 Å². The van der Waals surface area contributed by atoms with Crippen LogP contribution in [0.5, 0.6) is 11.5 Å². The molecule has 1 atom stereocenters. The molecule has 0 fully saturated rings. The van der Waals surface area contributed by atoms with E-state index < -0.39 is 0 Å². The van der Waals surface area contributed by atoms with Crippen LogP contribution in [0.3, 0.4) is 0 Å². The van der Waals surface area contributed by atoms with E-state index in [1.165, 1.54) is 5.56 Å². The zero-order valence-corrected chi connectivity index (χ0v) is 11.6. The molecule has 0 aromatic heterocycles. The first-order chi connectivity index (χ1) is 9.26. The molecule has 0 aliphatic heterocycles. The van der Waals surface area contributed by atoms with E-state index >= 15 is 0 Å². The fraction of sp³-hybridized carbons (Fsp3) is 0.294. The predicted octanol–water partition coefficient (Wildman–Crippen LogP) is 4.45. The topological polar surface area (TPSA) is 35.2 Å². The summed E-state index contributed by atoms with van der Waals surface area (Å²) in [6.45, 7) is 4.22. The molecule has 0 amide bonds. The molecule has 0 aliphatic carbocycles. The lowest BCUT2D eigenvalue weighted by Crippen LogP contribution is -2.09. The monoisotopic (exact) mass is 255 g/mol. The first-order valence-corrected chi connectivity index (χ1v) is 6.86. The molecule has 0 unspecified atom stereocenters. The zero-order chi connectivity index (χ0) is 13.7. The van der Waals surface area contributed by atoms with Crippen molar-refractivity contribution in [3.05, 3.63) is 59.7 Å². The summed E-state index contributed by atoms with van der Waals surface area (Å²) in [7, 11) is 0. The molecular formula is C17H21NO. The Morgan fingerprint density at radius 3 is 2.26 bits per heavy atom. The number of hydrogen-bond acceptors (Lipinski definition) is 2. The molecule has 0 saturated carbocycles. The Morgan fingerprint density at radius 1 is 0.947 bits per heavy atom. The minimum atomic E-state index is 0.0185. The summed E-state index contributed by atoms with van der Waals surface area (Å²) >= 11 is 0. The second-order valence-electron chi connectivity index (χ2n) is 4.62. The van der Waals surface area contributed by atoms with E-state index in [0.717, 1.165) is 29.9 Å². The number of hydrogen-bond donors (Lipinski definition) is 1.